The highest BCUT2D eigenvalue weighted by Crippen LogP contribution is 2.15. The topological polar surface area (TPSA) is 64.9 Å². The van der Waals surface area contributed by atoms with E-state index in [0.29, 0.717) is 12.4 Å². The van der Waals surface area contributed by atoms with Gasteiger partial charge in [0.05, 0.1) is 0 Å². The zero-order valence-electron chi connectivity index (χ0n) is 6.16. The number of pyridine rings is 1. The Morgan fingerprint density at radius 3 is 2.82 bits per heavy atom. The molecule has 0 saturated heterocycles. The molecule has 4 N–H and O–H groups in total. The third kappa shape index (κ3) is 2.78. The average molecular weight is 169 g/mol. The van der Waals surface area contributed by atoms with Gasteiger partial charge in [0.1, 0.15) is 5.82 Å². The zero-order chi connectivity index (χ0) is 8.10. The molecule has 0 aliphatic heterocycles. The molecule has 1 rings (SSSR count). The number of nitrogen functional groups attached to an aromatic ring is 1. The second kappa shape index (κ2) is 4.20. The van der Waals surface area contributed by atoms with Crippen LogP contribution < -0.4 is 11.5 Å². The third-order valence-corrected chi connectivity index (χ3v) is 2.16. The molecule has 0 radical (unpaired) electrons. The van der Waals surface area contributed by atoms with Gasteiger partial charge in [-0.2, -0.15) is 0 Å². The molecule has 0 amide bonds. The van der Waals surface area contributed by atoms with Crippen molar-refractivity contribution in [1.29, 1.82) is 0 Å². The van der Waals surface area contributed by atoms with Crippen molar-refractivity contribution in [1.82, 2.24) is 4.98 Å². The van der Waals surface area contributed by atoms with Crippen molar-refractivity contribution in [3.05, 3.63) is 18.3 Å². The lowest BCUT2D eigenvalue weighted by Gasteiger charge is -1.98. The molecule has 0 spiro atoms. The Morgan fingerprint density at radius 2 is 2.27 bits per heavy atom. The van der Waals surface area contributed by atoms with Crippen LogP contribution in [0.5, 0.6) is 0 Å². The SMILES string of the molecule is NCCSc1ccc(N)nc1. The van der Waals surface area contributed by atoms with Crippen molar-refractivity contribution in [2.24, 2.45) is 5.73 Å². The van der Waals surface area contributed by atoms with Crippen LogP contribution in [0.4, 0.5) is 5.82 Å². The Bertz CT molecular complexity index is 209. The Morgan fingerprint density at radius 1 is 1.45 bits per heavy atom. The highest BCUT2D eigenvalue weighted by Gasteiger charge is 1.91. The van der Waals surface area contributed by atoms with Crippen LogP contribution in [-0.2, 0) is 0 Å². The molecule has 0 atom stereocenters. The quantitative estimate of drug-likeness (QED) is 0.654. The minimum atomic E-state index is 0.557. The average Bonchev–Trinajstić information content (AvgIpc) is 2.04. The van der Waals surface area contributed by atoms with Gasteiger partial charge in [-0.1, -0.05) is 0 Å². The number of nitrogens with two attached hydrogens (primary N) is 2. The maximum absolute atomic E-state index is 5.41. The summed E-state index contributed by atoms with van der Waals surface area (Å²) in [6.07, 6.45) is 1.76. The van der Waals surface area contributed by atoms with E-state index in [9.17, 15) is 0 Å². The van der Waals surface area contributed by atoms with Gasteiger partial charge in [0.2, 0.25) is 0 Å². The summed E-state index contributed by atoms with van der Waals surface area (Å²) in [6, 6.07) is 3.74. The predicted molar refractivity (Wildman–Crippen MR) is 48.4 cm³/mol. The number of thioether (sulfide) groups is 1. The van der Waals surface area contributed by atoms with Gasteiger partial charge in [0.15, 0.2) is 0 Å². The molecule has 0 aliphatic carbocycles. The molecule has 1 heterocycles. The summed E-state index contributed by atoms with van der Waals surface area (Å²) in [4.78, 5) is 5.06. The van der Waals surface area contributed by atoms with Crippen LogP contribution in [0.15, 0.2) is 23.2 Å². The molecule has 1 aromatic rings. The van der Waals surface area contributed by atoms with Crippen LogP contribution >= 0.6 is 11.8 Å². The van der Waals surface area contributed by atoms with Crippen LogP contribution in [-0.4, -0.2) is 17.3 Å². The van der Waals surface area contributed by atoms with Crippen molar-refractivity contribution in [3.63, 3.8) is 0 Å². The molecule has 0 saturated carbocycles. The van der Waals surface area contributed by atoms with Gasteiger partial charge >= 0.3 is 0 Å². The molecule has 60 valence electrons. The molecule has 0 bridgehead atoms. The lowest BCUT2D eigenvalue weighted by atomic mass is 10.5. The fourth-order valence-corrected chi connectivity index (χ4v) is 1.30. The second-order valence-electron chi connectivity index (χ2n) is 2.06. The van der Waals surface area contributed by atoms with E-state index in [1.165, 1.54) is 0 Å². The van der Waals surface area contributed by atoms with Crippen LogP contribution in [0.1, 0.15) is 0 Å². The molecule has 4 heteroatoms. The van der Waals surface area contributed by atoms with E-state index < -0.39 is 0 Å². The van der Waals surface area contributed by atoms with E-state index in [2.05, 4.69) is 4.98 Å². The van der Waals surface area contributed by atoms with E-state index in [-0.39, 0.29) is 0 Å². The summed E-state index contributed by atoms with van der Waals surface area (Å²) < 4.78 is 0. The third-order valence-electron chi connectivity index (χ3n) is 1.15. The van der Waals surface area contributed by atoms with Gasteiger partial charge in [-0.3, -0.25) is 0 Å². The van der Waals surface area contributed by atoms with Crippen LogP contribution in [0.25, 0.3) is 0 Å². The lowest BCUT2D eigenvalue weighted by Crippen LogP contribution is -2.00. The largest absolute Gasteiger partial charge is 0.384 e. The van der Waals surface area contributed by atoms with E-state index in [1.807, 2.05) is 6.07 Å². The first kappa shape index (κ1) is 8.36. The van der Waals surface area contributed by atoms with E-state index in [4.69, 9.17) is 11.5 Å². The minimum absolute atomic E-state index is 0.557. The first-order valence-electron chi connectivity index (χ1n) is 3.37. The van der Waals surface area contributed by atoms with Crippen LogP contribution in [0.2, 0.25) is 0 Å². The highest BCUT2D eigenvalue weighted by molar-refractivity contribution is 7.99. The van der Waals surface area contributed by atoms with Gasteiger partial charge in [-0.05, 0) is 12.1 Å². The van der Waals surface area contributed by atoms with Crippen molar-refractivity contribution in [2.45, 2.75) is 4.90 Å². The summed E-state index contributed by atoms with van der Waals surface area (Å²) in [5.41, 5.74) is 10.8. The molecule has 3 nitrogen and oxygen atoms in total. The standard InChI is InChI=1S/C7H11N3S/c8-3-4-11-6-1-2-7(9)10-5-6/h1-2,5H,3-4,8H2,(H2,9,10). The molecule has 0 fully saturated rings. The molecule has 11 heavy (non-hydrogen) atoms. The number of nitrogens with zero attached hydrogens (tertiary/aromatic N) is 1. The molecule has 0 unspecified atom stereocenters. The first-order valence-corrected chi connectivity index (χ1v) is 4.36. The van der Waals surface area contributed by atoms with Gasteiger partial charge < -0.3 is 11.5 Å². The number of anilines is 1. The summed E-state index contributed by atoms with van der Waals surface area (Å²) in [5, 5.41) is 0. The normalized spacial score (nSPS) is 9.91. The van der Waals surface area contributed by atoms with Crippen molar-refractivity contribution in [2.75, 3.05) is 18.0 Å². The minimum Gasteiger partial charge on any atom is -0.384 e. The predicted octanol–water partition coefficient (Wildman–Crippen LogP) is 0.715. The summed E-state index contributed by atoms with van der Waals surface area (Å²) >= 11 is 1.69. The second-order valence-corrected chi connectivity index (χ2v) is 3.22. The first-order chi connectivity index (χ1) is 5.33. The van der Waals surface area contributed by atoms with Crippen LogP contribution in [0.3, 0.4) is 0 Å². The monoisotopic (exact) mass is 169 g/mol. The fourth-order valence-electron chi connectivity index (χ4n) is 0.654. The van der Waals surface area contributed by atoms with Crippen LogP contribution in [0, 0.1) is 0 Å². The van der Waals surface area contributed by atoms with Crippen molar-refractivity contribution in [3.8, 4) is 0 Å². The zero-order valence-corrected chi connectivity index (χ0v) is 6.97. The Kier molecular flexibility index (Phi) is 3.19. The smallest absolute Gasteiger partial charge is 0.123 e. The van der Waals surface area contributed by atoms with Gasteiger partial charge in [0.25, 0.3) is 0 Å². The Balaban J connectivity index is 2.52. The molecule has 0 aliphatic rings. The molecule has 0 aromatic carbocycles. The summed E-state index contributed by atoms with van der Waals surface area (Å²) in [6.45, 7) is 0.690. The van der Waals surface area contributed by atoms with Gasteiger partial charge in [-0.15, -0.1) is 11.8 Å². The molecular formula is C7H11N3S. The molecular weight excluding hydrogens is 158 g/mol. The van der Waals surface area contributed by atoms with E-state index in [0.717, 1.165) is 10.6 Å². The Hall–Kier alpha value is -0.740. The summed E-state index contributed by atoms with van der Waals surface area (Å²) in [5.74, 6) is 1.48. The van der Waals surface area contributed by atoms with Gasteiger partial charge in [-0.25, -0.2) is 4.98 Å². The lowest BCUT2D eigenvalue weighted by molar-refractivity contribution is 1.14. The summed E-state index contributed by atoms with van der Waals surface area (Å²) in [7, 11) is 0. The van der Waals surface area contributed by atoms with E-state index in [1.54, 1.807) is 24.0 Å². The highest BCUT2D eigenvalue weighted by atomic mass is 32.2. The number of hydrogen-bond acceptors (Lipinski definition) is 4. The molecule has 1 aromatic heterocycles. The van der Waals surface area contributed by atoms with Crippen molar-refractivity contribution >= 4 is 17.6 Å². The van der Waals surface area contributed by atoms with Gasteiger partial charge in [0, 0.05) is 23.4 Å². The maximum atomic E-state index is 5.41. The maximum Gasteiger partial charge on any atom is 0.123 e. The van der Waals surface area contributed by atoms with Crippen molar-refractivity contribution < 1.29 is 0 Å². The number of rotatable bonds is 3. The Labute approximate surface area is 70.2 Å². The van der Waals surface area contributed by atoms with E-state index >= 15 is 0 Å². The number of hydrogen-bond donors (Lipinski definition) is 2. The number of aromatic nitrogens is 1. The fraction of sp³-hybridized carbons (Fsp3) is 0.286.